The maximum atomic E-state index is 15.0. The van der Waals surface area contributed by atoms with Crippen LogP contribution < -0.4 is 14.5 Å². The molecule has 9 heteroatoms. The van der Waals surface area contributed by atoms with Crippen LogP contribution in [0.1, 0.15) is 46.0 Å². The Morgan fingerprint density at radius 2 is 1.61 bits per heavy atom. The van der Waals surface area contributed by atoms with Crippen molar-refractivity contribution in [1.82, 2.24) is 4.90 Å². The van der Waals surface area contributed by atoms with Crippen molar-refractivity contribution in [2.45, 2.75) is 63.2 Å². The summed E-state index contributed by atoms with van der Waals surface area (Å²) in [6, 6.07) is 20.3. The zero-order valence-corrected chi connectivity index (χ0v) is 28.6. The first-order valence-electron chi connectivity index (χ1n) is 17.5. The van der Waals surface area contributed by atoms with Gasteiger partial charge in [0.05, 0.1) is 24.0 Å². The van der Waals surface area contributed by atoms with Crippen LogP contribution >= 0.6 is 0 Å². The highest BCUT2D eigenvalue weighted by atomic mass is 16.5. The van der Waals surface area contributed by atoms with Crippen LogP contribution in [0.4, 0.5) is 11.4 Å². The average molecular weight is 666 g/mol. The number of fused-ring (bicyclic) bond motifs is 2. The molecule has 0 radical (unpaired) electrons. The molecule has 0 saturated carbocycles. The minimum atomic E-state index is -1.18. The van der Waals surface area contributed by atoms with E-state index >= 15 is 4.79 Å². The van der Waals surface area contributed by atoms with Crippen LogP contribution in [0, 0.1) is 11.8 Å². The lowest BCUT2D eigenvalue weighted by Crippen LogP contribution is -2.56. The number of aliphatic hydroxyl groups excluding tert-OH is 1. The zero-order chi connectivity index (χ0) is 34.8. The second kappa shape index (κ2) is 14.2. The highest BCUT2D eigenvalue weighted by Gasteiger charge is 2.79. The Balaban J connectivity index is 1.42. The fourth-order valence-electron chi connectivity index (χ4n) is 8.46. The van der Waals surface area contributed by atoms with Crippen molar-refractivity contribution in [1.29, 1.82) is 0 Å². The number of anilines is 2. The van der Waals surface area contributed by atoms with Crippen molar-refractivity contribution in [2.75, 3.05) is 42.6 Å². The van der Waals surface area contributed by atoms with E-state index in [-0.39, 0.29) is 44.0 Å². The van der Waals surface area contributed by atoms with Gasteiger partial charge in [0.2, 0.25) is 11.8 Å². The number of nitrogens with zero attached hydrogens (tertiary/aromatic N) is 3. The molecule has 0 aliphatic carbocycles. The average Bonchev–Trinajstić information content (AvgIpc) is 3.73. The van der Waals surface area contributed by atoms with E-state index in [0.29, 0.717) is 55.8 Å². The van der Waals surface area contributed by atoms with Crippen molar-refractivity contribution in [2.24, 2.45) is 11.8 Å². The monoisotopic (exact) mass is 665 g/mol. The van der Waals surface area contributed by atoms with Crippen molar-refractivity contribution < 1.29 is 29.0 Å². The number of hydrogen-bond donors (Lipinski definition) is 1. The molecule has 3 saturated heterocycles. The van der Waals surface area contributed by atoms with Gasteiger partial charge in [-0.15, -0.1) is 13.2 Å². The van der Waals surface area contributed by atoms with E-state index in [0.717, 1.165) is 10.8 Å². The van der Waals surface area contributed by atoms with Crippen LogP contribution in [0.3, 0.4) is 0 Å². The van der Waals surface area contributed by atoms with E-state index < -0.39 is 29.1 Å². The molecular formula is C40H47N3O6. The number of hydrogen-bond acceptors (Lipinski definition) is 6. The van der Waals surface area contributed by atoms with Gasteiger partial charge in [0.15, 0.2) is 0 Å². The summed E-state index contributed by atoms with van der Waals surface area (Å²) in [7, 11) is 0. The van der Waals surface area contributed by atoms with Gasteiger partial charge in [-0.1, -0.05) is 49.4 Å². The Bertz CT molecular complexity index is 1720. The summed E-state index contributed by atoms with van der Waals surface area (Å²) in [6.07, 6.45) is 5.92. The van der Waals surface area contributed by atoms with Gasteiger partial charge < -0.3 is 29.3 Å². The van der Waals surface area contributed by atoms with Gasteiger partial charge in [-0.05, 0) is 86.2 Å². The number of rotatable bonds is 15. The summed E-state index contributed by atoms with van der Waals surface area (Å²) in [6.45, 7) is 13.0. The molecule has 9 nitrogen and oxygen atoms in total. The predicted octanol–water partition coefficient (Wildman–Crippen LogP) is 5.90. The largest absolute Gasteiger partial charge is 0.494 e. The summed E-state index contributed by atoms with van der Waals surface area (Å²) in [5.74, 6) is -1.65. The van der Waals surface area contributed by atoms with Gasteiger partial charge in [-0.3, -0.25) is 14.4 Å². The SMILES string of the molecule is C=CCN(C(=O)C1N(CCCCO)C(=O)[C@@H]2[C@H](C(=O)N(CC=C)c3ccc(OCC)cc3)[C@]3(CC)CCC12O3)c1ccc2ccccc2c1. The van der Waals surface area contributed by atoms with E-state index in [1.807, 2.05) is 80.6 Å². The number of amides is 3. The minimum Gasteiger partial charge on any atom is -0.494 e. The number of carbonyl (C=O) groups excluding carboxylic acids is 3. The third-order valence-electron chi connectivity index (χ3n) is 10.6. The molecule has 1 N–H and O–H groups in total. The Labute approximate surface area is 288 Å². The molecule has 5 atom stereocenters. The topological polar surface area (TPSA) is 99.6 Å². The summed E-state index contributed by atoms with van der Waals surface area (Å²) in [5.41, 5.74) is -0.713. The summed E-state index contributed by atoms with van der Waals surface area (Å²) < 4.78 is 12.7. The second-order valence-corrected chi connectivity index (χ2v) is 13.2. The van der Waals surface area contributed by atoms with E-state index in [4.69, 9.17) is 9.47 Å². The Morgan fingerprint density at radius 3 is 2.27 bits per heavy atom. The van der Waals surface area contributed by atoms with Gasteiger partial charge in [0.1, 0.15) is 17.4 Å². The maximum absolute atomic E-state index is 15.0. The van der Waals surface area contributed by atoms with Crippen LogP contribution in [0.5, 0.6) is 5.75 Å². The first kappa shape index (κ1) is 34.4. The van der Waals surface area contributed by atoms with Crippen LogP contribution in [0.25, 0.3) is 10.8 Å². The number of benzene rings is 3. The lowest BCUT2D eigenvalue weighted by Gasteiger charge is -2.37. The molecule has 49 heavy (non-hydrogen) atoms. The molecule has 3 fully saturated rings. The molecular weight excluding hydrogens is 618 g/mol. The standard InChI is InChI=1S/C40H47N3O6/c1-5-23-41(30-17-19-32(20-18-30)48-8-4)36(45)33-34-37(46)43(25-11-12-26-44)35(40(34)22-21-39(33,7-3)49-40)38(47)42(24-6-2)31-16-15-28-13-9-10-14-29(28)27-31/h5-6,9-10,13-20,27,33-35,44H,1-2,7-8,11-12,21-26H2,3-4H3/t33-,34+,35?,39+,40?/m1/s1. The molecule has 0 aromatic heterocycles. The number of aliphatic hydroxyl groups is 1. The Kier molecular flexibility index (Phi) is 9.95. The molecule has 3 heterocycles. The molecule has 6 rings (SSSR count). The quantitative estimate of drug-likeness (QED) is 0.160. The highest BCUT2D eigenvalue weighted by molar-refractivity contribution is 6.07. The zero-order valence-electron chi connectivity index (χ0n) is 28.6. The molecule has 3 amide bonds. The van der Waals surface area contributed by atoms with E-state index in [9.17, 15) is 14.7 Å². The Morgan fingerprint density at radius 1 is 0.939 bits per heavy atom. The maximum Gasteiger partial charge on any atom is 0.253 e. The molecule has 3 aliphatic rings. The summed E-state index contributed by atoms with van der Waals surface area (Å²) >= 11 is 0. The fourth-order valence-corrected chi connectivity index (χ4v) is 8.46. The summed E-state index contributed by atoms with van der Waals surface area (Å²) in [4.78, 5) is 49.7. The second-order valence-electron chi connectivity index (χ2n) is 13.2. The number of carbonyl (C=O) groups is 3. The van der Waals surface area contributed by atoms with Gasteiger partial charge in [-0.2, -0.15) is 0 Å². The first-order chi connectivity index (χ1) is 23.8. The van der Waals surface area contributed by atoms with Gasteiger partial charge in [0.25, 0.3) is 5.91 Å². The van der Waals surface area contributed by atoms with Crippen LogP contribution in [0.15, 0.2) is 92.0 Å². The van der Waals surface area contributed by atoms with Crippen molar-refractivity contribution in [3.8, 4) is 5.75 Å². The van der Waals surface area contributed by atoms with E-state index in [1.54, 1.807) is 26.9 Å². The number of ether oxygens (including phenoxy) is 2. The number of unbranched alkanes of at least 4 members (excludes halogenated alkanes) is 1. The third-order valence-corrected chi connectivity index (χ3v) is 10.6. The van der Waals surface area contributed by atoms with E-state index in [1.165, 1.54) is 0 Å². The minimum absolute atomic E-state index is 0.0238. The van der Waals surface area contributed by atoms with Crippen molar-refractivity contribution in [3.63, 3.8) is 0 Å². The smallest absolute Gasteiger partial charge is 0.253 e. The molecule has 1 spiro atoms. The van der Waals surface area contributed by atoms with Gasteiger partial charge in [-0.25, -0.2) is 0 Å². The molecule has 2 unspecified atom stereocenters. The van der Waals surface area contributed by atoms with Crippen LogP contribution in [0.2, 0.25) is 0 Å². The lowest BCUT2D eigenvalue weighted by atomic mass is 9.64. The van der Waals surface area contributed by atoms with Crippen molar-refractivity contribution >= 4 is 39.9 Å². The molecule has 258 valence electrons. The van der Waals surface area contributed by atoms with Crippen LogP contribution in [-0.2, 0) is 19.1 Å². The predicted molar refractivity (Wildman–Crippen MR) is 192 cm³/mol. The van der Waals surface area contributed by atoms with E-state index in [2.05, 4.69) is 13.2 Å². The van der Waals surface area contributed by atoms with Crippen molar-refractivity contribution in [3.05, 3.63) is 92.0 Å². The molecule has 3 aromatic rings. The van der Waals surface area contributed by atoms with Gasteiger partial charge in [0, 0.05) is 37.6 Å². The summed E-state index contributed by atoms with van der Waals surface area (Å²) in [5, 5.41) is 11.7. The van der Waals surface area contributed by atoms with Crippen LogP contribution in [-0.4, -0.2) is 77.8 Å². The molecule has 3 aromatic carbocycles. The Hall–Kier alpha value is -4.47. The molecule has 2 bridgehead atoms. The number of likely N-dealkylation sites (tertiary alicyclic amines) is 1. The highest BCUT2D eigenvalue weighted by Crippen LogP contribution is 2.65. The normalized spacial score (nSPS) is 25.3. The first-order valence-corrected chi connectivity index (χ1v) is 17.5. The lowest BCUT2D eigenvalue weighted by molar-refractivity contribution is -0.146. The third kappa shape index (κ3) is 5.82. The molecule has 3 aliphatic heterocycles. The fraction of sp³-hybridized carbons (Fsp3) is 0.425. The van der Waals surface area contributed by atoms with Gasteiger partial charge >= 0.3 is 0 Å².